The van der Waals surface area contributed by atoms with Gasteiger partial charge in [0.25, 0.3) is 0 Å². The highest BCUT2D eigenvalue weighted by atomic mass is 32.2. The second-order valence-corrected chi connectivity index (χ2v) is 6.98. The zero-order chi connectivity index (χ0) is 16.8. The predicted octanol–water partition coefficient (Wildman–Crippen LogP) is 3.20. The molecule has 1 heterocycles. The Morgan fingerprint density at radius 1 is 1.26 bits per heavy atom. The van der Waals surface area contributed by atoms with E-state index in [1.807, 2.05) is 11.8 Å². The number of esters is 1. The van der Waals surface area contributed by atoms with Crippen molar-refractivity contribution in [3.05, 3.63) is 29.3 Å². The van der Waals surface area contributed by atoms with Crippen molar-refractivity contribution in [2.45, 2.75) is 38.5 Å². The van der Waals surface area contributed by atoms with Crippen LogP contribution in [-0.4, -0.2) is 42.2 Å². The van der Waals surface area contributed by atoms with Gasteiger partial charge < -0.3 is 9.64 Å². The first-order valence-electron chi connectivity index (χ1n) is 8.15. The predicted molar refractivity (Wildman–Crippen MR) is 92.6 cm³/mol. The van der Waals surface area contributed by atoms with Crippen molar-refractivity contribution in [1.82, 2.24) is 4.90 Å². The van der Waals surface area contributed by atoms with E-state index in [-0.39, 0.29) is 17.8 Å². The molecule has 1 aliphatic rings. The van der Waals surface area contributed by atoms with Gasteiger partial charge in [0.05, 0.1) is 18.3 Å². The van der Waals surface area contributed by atoms with Gasteiger partial charge in [-0.15, -0.1) is 11.8 Å². The Bertz CT molecular complexity index is 565. The minimum absolute atomic E-state index is 0.0503. The minimum atomic E-state index is -0.121. The summed E-state index contributed by atoms with van der Waals surface area (Å²) in [5.74, 6) is 0.433. The van der Waals surface area contributed by atoms with Gasteiger partial charge in [0.2, 0.25) is 5.91 Å². The number of ether oxygens (including phenoxy) is 1. The quantitative estimate of drug-likeness (QED) is 0.612. The largest absolute Gasteiger partial charge is 0.466 e. The number of aryl methyl sites for hydroxylation is 2. The van der Waals surface area contributed by atoms with Crippen molar-refractivity contribution in [3.8, 4) is 0 Å². The summed E-state index contributed by atoms with van der Waals surface area (Å²) in [4.78, 5) is 27.1. The second-order valence-electron chi connectivity index (χ2n) is 5.96. The van der Waals surface area contributed by atoms with Crippen molar-refractivity contribution < 1.29 is 14.3 Å². The molecular formula is C18H25NO3S. The molecule has 1 aliphatic heterocycles. The summed E-state index contributed by atoms with van der Waals surface area (Å²) < 4.78 is 5.06. The van der Waals surface area contributed by atoms with Crippen LogP contribution in [0, 0.1) is 19.8 Å². The van der Waals surface area contributed by atoms with Crippen LogP contribution >= 0.6 is 11.8 Å². The molecule has 0 radical (unpaired) electrons. The van der Waals surface area contributed by atoms with Gasteiger partial charge in [0.1, 0.15) is 0 Å². The number of amides is 1. The third-order valence-electron chi connectivity index (χ3n) is 4.16. The number of benzene rings is 1. The average molecular weight is 335 g/mol. The van der Waals surface area contributed by atoms with Crippen LogP contribution in [0.2, 0.25) is 0 Å². The van der Waals surface area contributed by atoms with Gasteiger partial charge in [-0.2, -0.15) is 0 Å². The number of carbonyl (C=O) groups is 2. The monoisotopic (exact) mass is 335 g/mol. The van der Waals surface area contributed by atoms with Crippen molar-refractivity contribution in [2.75, 3.05) is 25.4 Å². The lowest BCUT2D eigenvalue weighted by molar-refractivity contribution is -0.151. The van der Waals surface area contributed by atoms with Gasteiger partial charge in [-0.1, -0.05) is 17.7 Å². The Kier molecular flexibility index (Phi) is 6.51. The lowest BCUT2D eigenvalue weighted by atomic mass is 9.97. The first-order valence-corrected chi connectivity index (χ1v) is 9.14. The van der Waals surface area contributed by atoms with E-state index in [2.05, 4.69) is 32.0 Å². The van der Waals surface area contributed by atoms with Crippen molar-refractivity contribution in [1.29, 1.82) is 0 Å². The lowest BCUT2D eigenvalue weighted by Gasteiger charge is -2.30. The molecule has 4 nitrogen and oxygen atoms in total. The SMILES string of the molecule is CCOC(=O)C1CCN(C(=O)CSc2cc(C)ccc2C)CC1. The van der Waals surface area contributed by atoms with Crippen LogP contribution in [-0.2, 0) is 14.3 Å². The number of hydrogen-bond acceptors (Lipinski definition) is 4. The number of piperidine rings is 1. The van der Waals surface area contributed by atoms with E-state index in [4.69, 9.17) is 4.74 Å². The molecule has 1 saturated heterocycles. The summed E-state index contributed by atoms with van der Waals surface area (Å²) in [7, 11) is 0. The van der Waals surface area contributed by atoms with Gasteiger partial charge in [0.15, 0.2) is 0 Å². The molecular weight excluding hydrogens is 310 g/mol. The van der Waals surface area contributed by atoms with Crippen LogP contribution in [0.4, 0.5) is 0 Å². The molecule has 0 aliphatic carbocycles. The third kappa shape index (κ3) is 4.99. The van der Waals surface area contributed by atoms with Crippen molar-refractivity contribution >= 4 is 23.6 Å². The minimum Gasteiger partial charge on any atom is -0.466 e. The molecule has 23 heavy (non-hydrogen) atoms. The molecule has 0 unspecified atom stereocenters. The Balaban J connectivity index is 1.81. The molecule has 0 bridgehead atoms. The molecule has 0 N–H and O–H groups in total. The first-order chi connectivity index (χ1) is 11.0. The Labute approximate surface area is 142 Å². The van der Waals surface area contributed by atoms with Crippen molar-refractivity contribution in [2.24, 2.45) is 5.92 Å². The van der Waals surface area contributed by atoms with Crippen LogP contribution in [0.1, 0.15) is 30.9 Å². The number of thioether (sulfide) groups is 1. The van der Waals surface area contributed by atoms with E-state index in [1.165, 1.54) is 16.0 Å². The fourth-order valence-corrected chi connectivity index (χ4v) is 3.74. The maximum atomic E-state index is 12.4. The lowest BCUT2D eigenvalue weighted by Crippen LogP contribution is -2.41. The van der Waals surface area contributed by atoms with Crippen LogP contribution < -0.4 is 0 Å². The van der Waals surface area contributed by atoms with Gasteiger partial charge in [-0.05, 0) is 45.2 Å². The molecule has 1 fully saturated rings. The first kappa shape index (κ1) is 17.9. The van der Waals surface area contributed by atoms with E-state index in [0.29, 0.717) is 38.3 Å². The van der Waals surface area contributed by atoms with Crippen LogP contribution in [0.25, 0.3) is 0 Å². The van der Waals surface area contributed by atoms with E-state index in [0.717, 1.165) is 0 Å². The molecule has 0 saturated carbocycles. The fraction of sp³-hybridized carbons (Fsp3) is 0.556. The Hall–Kier alpha value is -1.49. The molecule has 2 rings (SSSR count). The van der Waals surface area contributed by atoms with Crippen LogP contribution in [0.5, 0.6) is 0 Å². The molecule has 0 atom stereocenters. The molecule has 1 amide bonds. The molecule has 126 valence electrons. The number of carbonyl (C=O) groups excluding carboxylic acids is 2. The maximum absolute atomic E-state index is 12.4. The van der Waals surface area contributed by atoms with Gasteiger partial charge in [-0.3, -0.25) is 9.59 Å². The number of nitrogens with zero attached hydrogens (tertiary/aromatic N) is 1. The molecule has 1 aromatic rings. The molecule has 0 aromatic heterocycles. The van der Waals surface area contributed by atoms with E-state index in [9.17, 15) is 9.59 Å². The summed E-state index contributed by atoms with van der Waals surface area (Å²) in [6.07, 6.45) is 1.41. The molecule has 0 spiro atoms. The number of likely N-dealkylation sites (tertiary alicyclic amines) is 1. The van der Waals surface area contributed by atoms with E-state index in [1.54, 1.807) is 11.8 Å². The highest BCUT2D eigenvalue weighted by molar-refractivity contribution is 8.00. The Morgan fingerprint density at radius 3 is 2.61 bits per heavy atom. The fourth-order valence-electron chi connectivity index (χ4n) is 2.72. The number of hydrogen-bond donors (Lipinski definition) is 0. The summed E-state index contributed by atoms with van der Waals surface area (Å²) >= 11 is 1.60. The van der Waals surface area contributed by atoms with Crippen LogP contribution in [0.15, 0.2) is 23.1 Å². The van der Waals surface area contributed by atoms with Crippen molar-refractivity contribution in [3.63, 3.8) is 0 Å². The highest BCUT2D eigenvalue weighted by Crippen LogP contribution is 2.25. The maximum Gasteiger partial charge on any atom is 0.309 e. The third-order valence-corrected chi connectivity index (χ3v) is 5.30. The second kappa shape index (κ2) is 8.39. The van der Waals surface area contributed by atoms with E-state index < -0.39 is 0 Å². The summed E-state index contributed by atoms with van der Waals surface area (Å²) in [6.45, 7) is 7.67. The summed E-state index contributed by atoms with van der Waals surface area (Å²) in [5, 5.41) is 0. The normalized spacial score (nSPS) is 15.5. The average Bonchev–Trinajstić information content (AvgIpc) is 2.55. The topological polar surface area (TPSA) is 46.6 Å². The zero-order valence-corrected chi connectivity index (χ0v) is 14.9. The highest BCUT2D eigenvalue weighted by Gasteiger charge is 2.28. The van der Waals surface area contributed by atoms with Gasteiger partial charge in [-0.25, -0.2) is 0 Å². The number of rotatable bonds is 5. The van der Waals surface area contributed by atoms with E-state index >= 15 is 0 Å². The van der Waals surface area contributed by atoms with Gasteiger partial charge >= 0.3 is 5.97 Å². The standard InChI is InChI=1S/C18H25NO3S/c1-4-22-18(21)15-7-9-19(10-8-15)17(20)12-23-16-11-13(2)5-6-14(16)3/h5-6,11,15H,4,7-10,12H2,1-3H3. The summed E-state index contributed by atoms with van der Waals surface area (Å²) in [5.41, 5.74) is 2.41. The summed E-state index contributed by atoms with van der Waals surface area (Å²) in [6, 6.07) is 6.30. The smallest absolute Gasteiger partial charge is 0.309 e. The van der Waals surface area contributed by atoms with Gasteiger partial charge in [0, 0.05) is 18.0 Å². The Morgan fingerprint density at radius 2 is 1.96 bits per heavy atom. The van der Waals surface area contributed by atoms with Crippen LogP contribution in [0.3, 0.4) is 0 Å². The zero-order valence-electron chi connectivity index (χ0n) is 14.1. The molecule has 1 aromatic carbocycles. The molecule has 5 heteroatoms.